The summed E-state index contributed by atoms with van der Waals surface area (Å²) >= 11 is 0. The first kappa shape index (κ1) is 23.6. The van der Waals surface area contributed by atoms with E-state index in [1.807, 2.05) is 25.1 Å². The van der Waals surface area contributed by atoms with Crippen molar-refractivity contribution in [3.63, 3.8) is 0 Å². The second-order valence-corrected chi connectivity index (χ2v) is 8.46. The smallest absolute Gasteiger partial charge is 0.257 e. The standard InChI is InChI=1S/C26H30N2O6/c1-4-34-20-10-8-19(9-11-20)28-24(29)16-21(26(28)31)27(25(30)18-6-7-18)14-13-17-5-12-22(32-2)23(15-17)33-3/h5,8-12,15,18,21H,4,6-7,13-14,16H2,1-3H3. The lowest BCUT2D eigenvalue weighted by molar-refractivity contribution is -0.139. The van der Waals surface area contributed by atoms with Crippen molar-refractivity contribution in [1.82, 2.24) is 4.90 Å². The maximum absolute atomic E-state index is 13.4. The number of ether oxygens (including phenoxy) is 3. The van der Waals surface area contributed by atoms with Gasteiger partial charge in [-0.15, -0.1) is 0 Å². The molecule has 1 aliphatic heterocycles. The van der Waals surface area contributed by atoms with Gasteiger partial charge < -0.3 is 19.1 Å². The van der Waals surface area contributed by atoms with E-state index in [9.17, 15) is 14.4 Å². The summed E-state index contributed by atoms with van der Waals surface area (Å²) in [6.07, 6.45) is 2.16. The molecule has 2 aliphatic rings. The number of nitrogens with zero attached hydrogens (tertiary/aromatic N) is 2. The molecule has 2 fully saturated rings. The van der Waals surface area contributed by atoms with Crippen molar-refractivity contribution in [2.24, 2.45) is 5.92 Å². The fourth-order valence-electron chi connectivity index (χ4n) is 4.26. The molecule has 1 saturated carbocycles. The Balaban J connectivity index is 1.52. The van der Waals surface area contributed by atoms with Gasteiger partial charge in [0.05, 0.1) is 32.9 Å². The van der Waals surface area contributed by atoms with E-state index in [-0.39, 0.29) is 30.1 Å². The zero-order valence-electron chi connectivity index (χ0n) is 19.8. The van der Waals surface area contributed by atoms with Crippen LogP contribution in [0.4, 0.5) is 5.69 Å². The lowest BCUT2D eigenvalue weighted by Crippen LogP contribution is -2.47. The second kappa shape index (κ2) is 10.2. The molecule has 1 aliphatic carbocycles. The van der Waals surface area contributed by atoms with Gasteiger partial charge in [0.2, 0.25) is 11.8 Å². The first-order chi connectivity index (χ1) is 16.5. The van der Waals surface area contributed by atoms with Gasteiger partial charge in [-0.2, -0.15) is 0 Å². The Morgan fingerprint density at radius 1 is 1.03 bits per heavy atom. The molecule has 2 aromatic carbocycles. The summed E-state index contributed by atoms with van der Waals surface area (Å²) in [7, 11) is 3.15. The maximum atomic E-state index is 13.4. The van der Waals surface area contributed by atoms with Crippen LogP contribution in [-0.4, -0.2) is 56.0 Å². The van der Waals surface area contributed by atoms with E-state index in [0.29, 0.717) is 42.5 Å². The van der Waals surface area contributed by atoms with Crippen LogP contribution in [0.25, 0.3) is 0 Å². The molecular formula is C26H30N2O6. The van der Waals surface area contributed by atoms with Crippen molar-refractivity contribution in [1.29, 1.82) is 0 Å². The molecule has 0 bridgehead atoms. The highest BCUT2D eigenvalue weighted by molar-refractivity contribution is 6.23. The molecule has 1 atom stereocenters. The van der Waals surface area contributed by atoms with Crippen molar-refractivity contribution in [3.05, 3.63) is 48.0 Å². The van der Waals surface area contributed by atoms with E-state index >= 15 is 0 Å². The fourth-order valence-corrected chi connectivity index (χ4v) is 4.26. The van der Waals surface area contributed by atoms with Crippen LogP contribution in [0, 0.1) is 5.92 Å². The van der Waals surface area contributed by atoms with Crippen LogP contribution >= 0.6 is 0 Å². The first-order valence-corrected chi connectivity index (χ1v) is 11.6. The van der Waals surface area contributed by atoms with Crippen LogP contribution in [-0.2, 0) is 20.8 Å². The van der Waals surface area contributed by atoms with Gasteiger partial charge in [-0.25, -0.2) is 4.90 Å². The van der Waals surface area contributed by atoms with E-state index in [4.69, 9.17) is 14.2 Å². The van der Waals surface area contributed by atoms with E-state index < -0.39 is 6.04 Å². The number of imide groups is 1. The Kier molecular flexibility index (Phi) is 7.05. The number of hydrogen-bond acceptors (Lipinski definition) is 6. The van der Waals surface area contributed by atoms with Crippen molar-refractivity contribution in [2.75, 3.05) is 32.3 Å². The summed E-state index contributed by atoms with van der Waals surface area (Å²) in [5.41, 5.74) is 1.44. The van der Waals surface area contributed by atoms with Gasteiger partial charge in [-0.05, 0) is 68.1 Å². The van der Waals surface area contributed by atoms with E-state index in [1.165, 1.54) is 4.90 Å². The quantitative estimate of drug-likeness (QED) is 0.500. The number of benzene rings is 2. The number of anilines is 1. The molecule has 180 valence electrons. The van der Waals surface area contributed by atoms with E-state index in [0.717, 1.165) is 18.4 Å². The van der Waals surface area contributed by atoms with Gasteiger partial charge in [-0.1, -0.05) is 6.07 Å². The number of hydrogen-bond donors (Lipinski definition) is 0. The normalized spacial score (nSPS) is 17.6. The summed E-state index contributed by atoms with van der Waals surface area (Å²) in [6, 6.07) is 11.7. The SMILES string of the molecule is CCOc1ccc(N2C(=O)CC(N(CCc3ccc(OC)c(OC)c3)C(=O)C3CC3)C2=O)cc1. The Morgan fingerprint density at radius 3 is 2.35 bits per heavy atom. The molecule has 0 spiro atoms. The highest BCUT2D eigenvalue weighted by Crippen LogP contribution is 2.35. The minimum atomic E-state index is -0.799. The third-order valence-corrected chi connectivity index (χ3v) is 6.20. The summed E-state index contributed by atoms with van der Waals surface area (Å²) in [4.78, 5) is 42.1. The lowest BCUT2D eigenvalue weighted by Gasteiger charge is -2.28. The van der Waals surface area contributed by atoms with Gasteiger partial charge in [0, 0.05) is 12.5 Å². The number of carbonyl (C=O) groups is 3. The maximum Gasteiger partial charge on any atom is 0.257 e. The number of carbonyl (C=O) groups excluding carboxylic acids is 3. The average Bonchev–Trinajstić information content (AvgIpc) is 3.65. The molecule has 3 amide bonds. The predicted octanol–water partition coefficient (Wildman–Crippen LogP) is 3.22. The zero-order chi connectivity index (χ0) is 24.2. The van der Waals surface area contributed by atoms with Gasteiger partial charge >= 0.3 is 0 Å². The van der Waals surface area contributed by atoms with Gasteiger partial charge in [0.25, 0.3) is 5.91 Å². The third kappa shape index (κ3) is 4.85. The highest BCUT2D eigenvalue weighted by Gasteiger charge is 2.46. The number of methoxy groups -OCH3 is 2. The van der Waals surface area contributed by atoms with Crippen LogP contribution in [0.2, 0.25) is 0 Å². The minimum Gasteiger partial charge on any atom is -0.494 e. The third-order valence-electron chi connectivity index (χ3n) is 6.20. The average molecular weight is 467 g/mol. The Hall–Kier alpha value is -3.55. The molecule has 1 unspecified atom stereocenters. The second-order valence-electron chi connectivity index (χ2n) is 8.46. The van der Waals surface area contributed by atoms with Crippen LogP contribution in [0.15, 0.2) is 42.5 Å². The van der Waals surface area contributed by atoms with Crippen molar-refractivity contribution in [3.8, 4) is 17.2 Å². The van der Waals surface area contributed by atoms with Crippen molar-refractivity contribution < 1.29 is 28.6 Å². The molecule has 1 heterocycles. The van der Waals surface area contributed by atoms with E-state index in [2.05, 4.69) is 0 Å². The summed E-state index contributed by atoms with van der Waals surface area (Å²) in [5.74, 6) is 1.11. The molecule has 0 N–H and O–H groups in total. The van der Waals surface area contributed by atoms with Crippen LogP contribution in [0.3, 0.4) is 0 Å². The van der Waals surface area contributed by atoms with Gasteiger partial charge in [0.1, 0.15) is 11.8 Å². The predicted molar refractivity (Wildman–Crippen MR) is 126 cm³/mol. The molecular weight excluding hydrogens is 436 g/mol. The van der Waals surface area contributed by atoms with Crippen LogP contribution in [0.1, 0.15) is 31.7 Å². The molecule has 0 aromatic heterocycles. The molecule has 2 aromatic rings. The van der Waals surface area contributed by atoms with Gasteiger partial charge in [0.15, 0.2) is 11.5 Å². The van der Waals surface area contributed by atoms with Crippen molar-refractivity contribution >= 4 is 23.4 Å². The summed E-state index contributed by atoms with van der Waals surface area (Å²) in [6.45, 7) is 2.76. The molecule has 4 rings (SSSR count). The Bertz CT molecular complexity index is 1060. The van der Waals surface area contributed by atoms with Crippen LogP contribution in [0.5, 0.6) is 17.2 Å². The highest BCUT2D eigenvalue weighted by atomic mass is 16.5. The summed E-state index contributed by atoms with van der Waals surface area (Å²) < 4.78 is 16.1. The summed E-state index contributed by atoms with van der Waals surface area (Å²) in [5, 5.41) is 0. The minimum absolute atomic E-state index is 0.0174. The topological polar surface area (TPSA) is 85.4 Å². The molecule has 8 nitrogen and oxygen atoms in total. The lowest BCUT2D eigenvalue weighted by atomic mass is 10.1. The molecule has 1 saturated heterocycles. The zero-order valence-corrected chi connectivity index (χ0v) is 19.8. The number of amides is 3. The number of rotatable bonds is 10. The van der Waals surface area contributed by atoms with E-state index in [1.54, 1.807) is 43.4 Å². The monoisotopic (exact) mass is 466 g/mol. The van der Waals surface area contributed by atoms with Crippen molar-refractivity contribution in [2.45, 2.75) is 38.6 Å². The Labute approximate surface area is 199 Å². The largest absolute Gasteiger partial charge is 0.494 e. The molecule has 8 heteroatoms. The van der Waals surface area contributed by atoms with Crippen LogP contribution < -0.4 is 19.1 Å². The first-order valence-electron chi connectivity index (χ1n) is 11.6. The molecule has 0 radical (unpaired) electrons. The fraction of sp³-hybridized carbons (Fsp3) is 0.423. The molecule has 34 heavy (non-hydrogen) atoms. The Morgan fingerprint density at radius 2 is 1.74 bits per heavy atom. The van der Waals surface area contributed by atoms with Gasteiger partial charge in [-0.3, -0.25) is 14.4 Å².